The third-order valence-corrected chi connectivity index (χ3v) is 6.00. The number of aromatic nitrogens is 4. The topological polar surface area (TPSA) is 76.5 Å². The molecule has 0 aliphatic carbocycles. The molecule has 0 saturated heterocycles. The van der Waals surface area contributed by atoms with E-state index < -0.39 is 0 Å². The van der Waals surface area contributed by atoms with E-state index in [1.165, 1.54) is 11.8 Å². The quantitative estimate of drug-likeness (QED) is 0.389. The Morgan fingerprint density at radius 1 is 0.750 bits per heavy atom. The summed E-state index contributed by atoms with van der Waals surface area (Å²) in [6, 6.07) is 10.3. The molecule has 0 radical (unpaired) electrons. The highest BCUT2D eigenvalue weighted by atomic mass is 32.2. The summed E-state index contributed by atoms with van der Waals surface area (Å²) in [5, 5.41) is 1.67. The third kappa shape index (κ3) is 4.04. The molecule has 168 valence electrons. The van der Waals surface area contributed by atoms with Crippen LogP contribution in [0.4, 0.5) is 11.9 Å². The van der Waals surface area contributed by atoms with E-state index in [0.29, 0.717) is 36.9 Å². The average molecular weight is 453 g/mol. The predicted molar refractivity (Wildman–Crippen MR) is 127 cm³/mol. The molecular weight excluding hydrogens is 424 g/mol. The molecule has 0 amide bonds. The number of rotatable bonds is 7. The highest BCUT2D eigenvalue weighted by Gasteiger charge is 2.38. The van der Waals surface area contributed by atoms with Crippen molar-refractivity contribution in [3.63, 3.8) is 0 Å². The van der Waals surface area contributed by atoms with E-state index in [1.807, 2.05) is 70.0 Å². The van der Waals surface area contributed by atoms with Crippen LogP contribution in [0.5, 0.6) is 11.8 Å². The van der Waals surface area contributed by atoms with Crippen LogP contribution in [-0.4, -0.2) is 61.3 Å². The molecule has 4 rings (SSSR count). The Bertz CT molecular complexity index is 1040. The molecule has 1 aromatic carbocycles. The van der Waals surface area contributed by atoms with Crippen molar-refractivity contribution in [2.24, 2.45) is 0 Å². The molecule has 9 heteroatoms. The van der Waals surface area contributed by atoms with Crippen LogP contribution in [0, 0.1) is 0 Å². The minimum absolute atomic E-state index is 0.210. The number of hydrogen-bond donors (Lipinski definition) is 0. The Morgan fingerprint density at radius 2 is 1.22 bits per heavy atom. The second kappa shape index (κ2) is 9.20. The SMILES string of the molecule is CCOc1nc(N(C)C)nc2c1C(c1ccccc1)c1c(OCC)nc(N(C)C)nc1S2. The summed E-state index contributed by atoms with van der Waals surface area (Å²) in [6.45, 7) is 4.93. The maximum Gasteiger partial charge on any atom is 0.229 e. The Balaban J connectivity index is 2.04. The first kappa shape index (κ1) is 22.1. The Hall–Kier alpha value is -3.07. The van der Waals surface area contributed by atoms with Gasteiger partial charge in [0.1, 0.15) is 10.1 Å². The molecule has 0 atom stereocenters. The first-order chi connectivity index (χ1) is 15.4. The van der Waals surface area contributed by atoms with Crippen molar-refractivity contribution in [2.75, 3.05) is 51.2 Å². The van der Waals surface area contributed by atoms with E-state index in [2.05, 4.69) is 12.1 Å². The number of anilines is 2. The van der Waals surface area contributed by atoms with Crippen LogP contribution in [0.2, 0.25) is 0 Å². The van der Waals surface area contributed by atoms with Crippen molar-refractivity contribution in [3.8, 4) is 11.8 Å². The summed E-state index contributed by atoms with van der Waals surface area (Å²) in [4.78, 5) is 23.0. The standard InChI is InChI=1S/C23H28N6O2S/c1-7-30-18-16-15(14-12-10-9-11-13-14)17-19(31-8-2)25-23(29(5)6)27-21(17)32-20(16)26-22(24-18)28(3)4/h9-13,15H,7-8H2,1-6H3. The average Bonchev–Trinajstić information content (AvgIpc) is 2.78. The molecule has 0 spiro atoms. The van der Waals surface area contributed by atoms with Crippen LogP contribution < -0.4 is 19.3 Å². The van der Waals surface area contributed by atoms with E-state index in [1.54, 1.807) is 0 Å². The minimum atomic E-state index is -0.210. The number of ether oxygens (including phenoxy) is 2. The normalized spacial score (nSPS) is 12.7. The van der Waals surface area contributed by atoms with Gasteiger partial charge in [0.2, 0.25) is 23.7 Å². The number of fused-ring (bicyclic) bond motifs is 2. The van der Waals surface area contributed by atoms with Gasteiger partial charge >= 0.3 is 0 Å². The molecular formula is C23H28N6O2S. The second-order valence-corrected chi connectivity index (χ2v) is 8.67. The van der Waals surface area contributed by atoms with Gasteiger partial charge in [0, 0.05) is 28.2 Å². The first-order valence-electron chi connectivity index (χ1n) is 10.6. The van der Waals surface area contributed by atoms with Gasteiger partial charge < -0.3 is 19.3 Å². The van der Waals surface area contributed by atoms with Gasteiger partial charge in [0.15, 0.2) is 0 Å². The molecule has 2 aromatic heterocycles. The number of nitrogens with zero attached hydrogens (tertiary/aromatic N) is 6. The molecule has 8 nitrogen and oxygen atoms in total. The van der Waals surface area contributed by atoms with Crippen LogP contribution in [0.15, 0.2) is 40.4 Å². The van der Waals surface area contributed by atoms with Gasteiger partial charge in [0.25, 0.3) is 0 Å². The van der Waals surface area contributed by atoms with Crippen molar-refractivity contribution >= 4 is 23.7 Å². The maximum atomic E-state index is 6.04. The summed E-state index contributed by atoms with van der Waals surface area (Å²) in [6.07, 6.45) is 0. The van der Waals surface area contributed by atoms with E-state index in [0.717, 1.165) is 26.7 Å². The van der Waals surface area contributed by atoms with E-state index >= 15 is 0 Å². The van der Waals surface area contributed by atoms with Gasteiger partial charge in [-0.15, -0.1) is 0 Å². The zero-order valence-corrected chi connectivity index (χ0v) is 20.1. The van der Waals surface area contributed by atoms with E-state index in [4.69, 9.17) is 29.4 Å². The van der Waals surface area contributed by atoms with Crippen LogP contribution in [0.25, 0.3) is 0 Å². The van der Waals surface area contributed by atoms with Gasteiger partial charge in [-0.25, -0.2) is 9.97 Å². The number of benzene rings is 1. The Labute approximate surface area is 193 Å². The number of hydrogen-bond acceptors (Lipinski definition) is 9. The lowest BCUT2D eigenvalue weighted by Gasteiger charge is -2.30. The highest BCUT2D eigenvalue weighted by Crippen LogP contribution is 2.53. The zero-order valence-electron chi connectivity index (χ0n) is 19.3. The van der Waals surface area contributed by atoms with Crippen LogP contribution >= 0.6 is 11.8 Å². The molecule has 1 aliphatic heterocycles. The van der Waals surface area contributed by atoms with Gasteiger partial charge in [0.05, 0.1) is 30.3 Å². The third-order valence-electron chi connectivity index (χ3n) is 4.99. The molecule has 0 unspecified atom stereocenters. The highest BCUT2D eigenvalue weighted by molar-refractivity contribution is 7.99. The Morgan fingerprint density at radius 3 is 1.62 bits per heavy atom. The monoisotopic (exact) mass is 452 g/mol. The summed E-state index contributed by atoms with van der Waals surface area (Å²) in [5.41, 5.74) is 2.92. The van der Waals surface area contributed by atoms with Crippen molar-refractivity contribution < 1.29 is 9.47 Å². The van der Waals surface area contributed by atoms with Crippen molar-refractivity contribution in [2.45, 2.75) is 29.8 Å². The van der Waals surface area contributed by atoms with Gasteiger partial charge in [-0.2, -0.15) is 9.97 Å². The van der Waals surface area contributed by atoms with E-state index in [9.17, 15) is 0 Å². The van der Waals surface area contributed by atoms with Crippen LogP contribution in [0.1, 0.15) is 36.5 Å². The first-order valence-corrected chi connectivity index (χ1v) is 11.4. The fourth-order valence-corrected chi connectivity index (χ4v) is 4.66. The van der Waals surface area contributed by atoms with Crippen LogP contribution in [-0.2, 0) is 0 Å². The fourth-order valence-electron chi connectivity index (χ4n) is 3.59. The lowest BCUT2D eigenvalue weighted by molar-refractivity contribution is 0.313. The lowest BCUT2D eigenvalue weighted by Crippen LogP contribution is -2.22. The van der Waals surface area contributed by atoms with E-state index in [-0.39, 0.29) is 5.92 Å². The molecule has 0 saturated carbocycles. The zero-order chi connectivity index (χ0) is 22.8. The maximum absolute atomic E-state index is 6.04. The molecule has 3 aromatic rings. The second-order valence-electron chi connectivity index (χ2n) is 7.70. The summed E-state index contributed by atoms with van der Waals surface area (Å²) < 4.78 is 12.1. The largest absolute Gasteiger partial charge is 0.478 e. The minimum Gasteiger partial charge on any atom is -0.478 e. The van der Waals surface area contributed by atoms with Gasteiger partial charge in [-0.1, -0.05) is 30.3 Å². The molecule has 3 heterocycles. The smallest absolute Gasteiger partial charge is 0.229 e. The Kier molecular flexibility index (Phi) is 6.36. The van der Waals surface area contributed by atoms with Crippen molar-refractivity contribution in [1.29, 1.82) is 0 Å². The molecule has 0 bridgehead atoms. The predicted octanol–water partition coefficient (Wildman–Crippen LogP) is 3.84. The molecule has 1 aliphatic rings. The van der Waals surface area contributed by atoms with Gasteiger partial charge in [-0.05, 0) is 31.2 Å². The fraction of sp³-hybridized carbons (Fsp3) is 0.391. The summed E-state index contributed by atoms with van der Waals surface area (Å²) in [5.74, 6) is 2.14. The van der Waals surface area contributed by atoms with Crippen LogP contribution in [0.3, 0.4) is 0 Å². The van der Waals surface area contributed by atoms with Crippen molar-refractivity contribution in [1.82, 2.24) is 19.9 Å². The lowest BCUT2D eigenvalue weighted by atomic mass is 9.87. The van der Waals surface area contributed by atoms with Crippen molar-refractivity contribution in [3.05, 3.63) is 47.0 Å². The summed E-state index contributed by atoms with van der Waals surface area (Å²) >= 11 is 1.51. The summed E-state index contributed by atoms with van der Waals surface area (Å²) in [7, 11) is 7.69. The molecule has 32 heavy (non-hydrogen) atoms. The molecule has 0 fully saturated rings. The van der Waals surface area contributed by atoms with Gasteiger partial charge in [-0.3, -0.25) is 0 Å². The molecule has 0 N–H and O–H groups in total.